The second-order valence-corrected chi connectivity index (χ2v) is 6.97. The van der Waals surface area contributed by atoms with Crippen LogP contribution in [0.1, 0.15) is 41.0 Å². The van der Waals surface area contributed by atoms with Gasteiger partial charge in [-0.1, -0.05) is 34.6 Å². The third kappa shape index (κ3) is 0.599. The molecule has 3 rings (SSSR count). The van der Waals surface area contributed by atoms with Crippen molar-refractivity contribution in [1.82, 2.24) is 5.32 Å². The maximum atomic E-state index is 3.76. The number of hydrogen-bond donors (Lipinski definition) is 1. The van der Waals surface area contributed by atoms with Gasteiger partial charge in [-0.2, -0.15) is 0 Å². The van der Waals surface area contributed by atoms with Crippen molar-refractivity contribution in [3.63, 3.8) is 0 Å². The lowest BCUT2D eigenvalue weighted by atomic mass is 9.54. The van der Waals surface area contributed by atoms with Gasteiger partial charge in [-0.15, -0.1) is 0 Å². The van der Waals surface area contributed by atoms with Gasteiger partial charge in [-0.25, -0.2) is 0 Å². The van der Waals surface area contributed by atoms with Crippen molar-refractivity contribution < 1.29 is 0 Å². The van der Waals surface area contributed by atoms with Gasteiger partial charge in [-0.05, 0) is 34.5 Å². The van der Waals surface area contributed by atoms with Gasteiger partial charge in [0.2, 0.25) is 0 Å². The second-order valence-electron chi connectivity index (χ2n) is 6.97. The molecule has 3 aliphatic rings. The quantitative estimate of drug-likeness (QED) is 0.623. The van der Waals surface area contributed by atoms with Crippen LogP contribution in [0, 0.1) is 28.1 Å². The summed E-state index contributed by atoms with van der Waals surface area (Å²) in [7, 11) is 0. The van der Waals surface area contributed by atoms with Crippen LogP contribution in [0.25, 0.3) is 0 Å². The zero-order valence-corrected chi connectivity index (χ0v) is 10.1. The Balaban J connectivity index is 2.21. The third-order valence-corrected chi connectivity index (χ3v) is 6.94. The number of nitrogens with one attached hydrogen (secondary N) is 1. The molecule has 14 heavy (non-hydrogen) atoms. The minimum absolute atomic E-state index is 0.504. The molecule has 0 spiro atoms. The molecule has 1 N–H and O–H groups in total. The van der Waals surface area contributed by atoms with Gasteiger partial charge in [0.25, 0.3) is 0 Å². The minimum Gasteiger partial charge on any atom is -0.313 e. The minimum atomic E-state index is 0.504. The Labute approximate surface area is 87.7 Å². The van der Waals surface area contributed by atoms with Crippen molar-refractivity contribution >= 4 is 0 Å². The molecule has 5 unspecified atom stereocenters. The standard InChI is InChI=1S/C13H23N/c1-8-10-9-6-12(8,4)11(2,3)13(10,5)7-14-9/h8-10,14H,6-7H2,1-5H3. The Kier molecular flexibility index (Phi) is 1.36. The fraction of sp³-hybridized carbons (Fsp3) is 1.00. The van der Waals surface area contributed by atoms with E-state index < -0.39 is 0 Å². The normalized spacial score (nSPS) is 63.6. The molecule has 0 aromatic carbocycles. The zero-order chi connectivity index (χ0) is 10.4. The summed E-state index contributed by atoms with van der Waals surface area (Å²) in [4.78, 5) is 0. The van der Waals surface area contributed by atoms with Gasteiger partial charge >= 0.3 is 0 Å². The Bertz CT molecular complexity index is 284. The number of fused-ring (bicyclic) bond motifs is 1. The molecule has 1 heterocycles. The zero-order valence-electron chi connectivity index (χ0n) is 10.1. The fourth-order valence-electron chi connectivity index (χ4n) is 5.28. The molecule has 0 radical (unpaired) electrons. The fourth-order valence-corrected chi connectivity index (χ4v) is 5.28. The van der Waals surface area contributed by atoms with Crippen molar-refractivity contribution in [3.05, 3.63) is 0 Å². The first kappa shape index (κ1) is 9.21. The van der Waals surface area contributed by atoms with Crippen molar-refractivity contribution in [1.29, 1.82) is 0 Å². The highest BCUT2D eigenvalue weighted by Gasteiger charge is 2.74. The van der Waals surface area contributed by atoms with Crippen LogP contribution in [-0.2, 0) is 0 Å². The van der Waals surface area contributed by atoms with Crippen LogP contribution in [-0.4, -0.2) is 12.6 Å². The molecule has 80 valence electrons. The largest absolute Gasteiger partial charge is 0.313 e. The van der Waals surface area contributed by atoms with E-state index in [0.29, 0.717) is 16.2 Å². The first-order valence-corrected chi connectivity index (χ1v) is 6.08. The summed E-state index contributed by atoms with van der Waals surface area (Å²) in [5, 5.41) is 3.76. The first-order chi connectivity index (χ1) is 6.34. The molecule has 1 aliphatic heterocycles. The second kappa shape index (κ2) is 2.07. The van der Waals surface area contributed by atoms with Gasteiger partial charge in [0.1, 0.15) is 0 Å². The van der Waals surface area contributed by atoms with Crippen LogP contribution in [0.2, 0.25) is 0 Å². The van der Waals surface area contributed by atoms with E-state index in [1.807, 2.05) is 0 Å². The Morgan fingerprint density at radius 1 is 1.07 bits per heavy atom. The summed E-state index contributed by atoms with van der Waals surface area (Å²) in [6.07, 6.45) is 1.40. The molecule has 0 aromatic heterocycles. The highest BCUT2D eigenvalue weighted by molar-refractivity contribution is 5.25. The van der Waals surface area contributed by atoms with Crippen LogP contribution >= 0.6 is 0 Å². The molecule has 1 heteroatoms. The van der Waals surface area contributed by atoms with E-state index in [9.17, 15) is 0 Å². The van der Waals surface area contributed by atoms with Crippen LogP contribution in [0.4, 0.5) is 0 Å². The molecule has 1 nitrogen and oxygen atoms in total. The van der Waals surface area contributed by atoms with E-state index in [1.54, 1.807) is 0 Å². The molecule has 2 bridgehead atoms. The van der Waals surface area contributed by atoms with Crippen molar-refractivity contribution in [2.24, 2.45) is 28.1 Å². The SMILES string of the molecule is CC1C2C3CC1(C)C(C)(C)C2(C)CN3. The predicted octanol–water partition coefficient (Wildman–Crippen LogP) is 2.67. The molecule has 1 saturated heterocycles. The van der Waals surface area contributed by atoms with E-state index in [4.69, 9.17) is 0 Å². The molecule has 2 saturated carbocycles. The van der Waals surface area contributed by atoms with Gasteiger partial charge < -0.3 is 5.32 Å². The van der Waals surface area contributed by atoms with Gasteiger partial charge in [0, 0.05) is 12.6 Å². The summed E-state index contributed by atoms with van der Waals surface area (Å²) < 4.78 is 0. The highest BCUT2D eigenvalue weighted by atomic mass is 15.1. The average Bonchev–Trinajstić information content (AvgIpc) is 2.55. The summed E-state index contributed by atoms with van der Waals surface area (Å²) >= 11 is 0. The maximum Gasteiger partial charge on any atom is 0.0110 e. The van der Waals surface area contributed by atoms with Crippen LogP contribution in [0.15, 0.2) is 0 Å². The summed E-state index contributed by atoms with van der Waals surface area (Å²) in [5.74, 6) is 1.84. The lowest BCUT2D eigenvalue weighted by Crippen LogP contribution is -2.45. The Morgan fingerprint density at radius 2 is 1.71 bits per heavy atom. The summed E-state index contributed by atoms with van der Waals surface area (Å²) in [6, 6.07) is 0.827. The molecule has 5 atom stereocenters. The van der Waals surface area contributed by atoms with Crippen LogP contribution in [0.5, 0.6) is 0 Å². The third-order valence-electron chi connectivity index (χ3n) is 6.94. The maximum absolute atomic E-state index is 3.76. The van der Waals surface area contributed by atoms with Gasteiger partial charge in [-0.3, -0.25) is 0 Å². The first-order valence-electron chi connectivity index (χ1n) is 6.08. The van der Waals surface area contributed by atoms with Gasteiger partial charge in [0.15, 0.2) is 0 Å². The molecule has 2 aliphatic carbocycles. The summed E-state index contributed by atoms with van der Waals surface area (Å²) in [5.41, 5.74) is 1.62. The Hall–Kier alpha value is -0.0400. The van der Waals surface area contributed by atoms with Crippen LogP contribution in [0.3, 0.4) is 0 Å². The van der Waals surface area contributed by atoms with E-state index in [0.717, 1.165) is 17.9 Å². The molecule has 0 amide bonds. The highest BCUT2D eigenvalue weighted by Crippen LogP contribution is 2.76. The van der Waals surface area contributed by atoms with E-state index in [2.05, 4.69) is 39.9 Å². The molecular weight excluding hydrogens is 170 g/mol. The van der Waals surface area contributed by atoms with Crippen molar-refractivity contribution in [2.45, 2.75) is 47.1 Å². The number of rotatable bonds is 0. The van der Waals surface area contributed by atoms with Crippen LogP contribution < -0.4 is 5.32 Å². The van der Waals surface area contributed by atoms with E-state index in [1.165, 1.54) is 13.0 Å². The van der Waals surface area contributed by atoms with E-state index >= 15 is 0 Å². The molecular formula is C13H23N. The smallest absolute Gasteiger partial charge is 0.0110 e. The molecule has 0 aromatic rings. The van der Waals surface area contributed by atoms with Gasteiger partial charge in [0.05, 0.1) is 0 Å². The van der Waals surface area contributed by atoms with E-state index in [-0.39, 0.29) is 0 Å². The number of hydrogen-bond acceptors (Lipinski definition) is 1. The van der Waals surface area contributed by atoms with Crippen molar-refractivity contribution in [2.75, 3.05) is 6.54 Å². The lowest BCUT2D eigenvalue weighted by Gasteiger charge is -2.49. The van der Waals surface area contributed by atoms with Crippen molar-refractivity contribution in [3.8, 4) is 0 Å². The monoisotopic (exact) mass is 193 g/mol. The average molecular weight is 193 g/mol. The predicted molar refractivity (Wildman–Crippen MR) is 59.1 cm³/mol. The Morgan fingerprint density at radius 3 is 2.21 bits per heavy atom. The lowest BCUT2D eigenvalue weighted by molar-refractivity contribution is -0.000369. The molecule has 3 fully saturated rings. The summed E-state index contributed by atoms with van der Waals surface area (Å²) in [6.45, 7) is 13.8. The topological polar surface area (TPSA) is 12.0 Å².